The molecule has 1 aromatic carbocycles. The molecular formula is C15H20N2OS. The van der Waals surface area contributed by atoms with Gasteiger partial charge in [-0.25, -0.2) is 4.98 Å². The molecule has 19 heavy (non-hydrogen) atoms. The highest BCUT2D eigenvalue weighted by Crippen LogP contribution is 2.25. The summed E-state index contributed by atoms with van der Waals surface area (Å²) < 4.78 is 0. The van der Waals surface area contributed by atoms with Gasteiger partial charge >= 0.3 is 0 Å². The Kier molecular flexibility index (Phi) is 4.69. The van der Waals surface area contributed by atoms with Crippen molar-refractivity contribution in [3.8, 4) is 0 Å². The predicted molar refractivity (Wildman–Crippen MR) is 79.4 cm³/mol. The fourth-order valence-corrected chi connectivity index (χ4v) is 3.18. The highest BCUT2D eigenvalue weighted by Gasteiger charge is 2.18. The third-order valence-corrected chi connectivity index (χ3v) is 4.09. The molecule has 3 nitrogen and oxygen atoms in total. The van der Waals surface area contributed by atoms with E-state index in [9.17, 15) is 5.11 Å². The molecule has 0 aliphatic carbocycles. The van der Waals surface area contributed by atoms with Gasteiger partial charge in [-0.05, 0) is 26.3 Å². The Balaban J connectivity index is 2.13. The number of rotatable bonds is 5. The smallest absolute Gasteiger partial charge is 0.0900 e. The van der Waals surface area contributed by atoms with E-state index >= 15 is 0 Å². The SMILES string of the molecule is Cc1nc(C(C)N[C@H](CO)c2ccccc2)c(C)s1. The lowest BCUT2D eigenvalue weighted by Gasteiger charge is -2.21. The minimum Gasteiger partial charge on any atom is -0.394 e. The van der Waals surface area contributed by atoms with Crippen LogP contribution in [0, 0.1) is 13.8 Å². The van der Waals surface area contributed by atoms with Crippen LogP contribution >= 0.6 is 11.3 Å². The van der Waals surface area contributed by atoms with Crippen molar-refractivity contribution < 1.29 is 5.11 Å². The summed E-state index contributed by atoms with van der Waals surface area (Å²) >= 11 is 1.71. The zero-order chi connectivity index (χ0) is 13.8. The lowest BCUT2D eigenvalue weighted by molar-refractivity contribution is 0.235. The summed E-state index contributed by atoms with van der Waals surface area (Å²) in [7, 11) is 0. The largest absolute Gasteiger partial charge is 0.394 e. The second-order valence-corrected chi connectivity index (χ2v) is 6.12. The first kappa shape index (κ1) is 14.2. The molecule has 0 spiro atoms. The predicted octanol–water partition coefficient (Wildman–Crippen LogP) is 3.14. The summed E-state index contributed by atoms with van der Waals surface area (Å²) in [6.07, 6.45) is 0. The lowest BCUT2D eigenvalue weighted by Crippen LogP contribution is -2.27. The minimum absolute atomic E-state index is 0.0578. The van der Waals surface area contributed by atoms with Gasteiger partial charge in [0.15, 0.2) is 0 Å². The van der Waals surface area contributed by atoms with E-state index in [-0.39, 0.29) is 18.7 Å². The van der Waals surface area contributed by atoms with Crippen molar-refractivity contribution in [3.63, 3.8) is 0 Å². The molecule has 1 aromatic heterocycles. The van der Waals surface area contributed by atoms with Crippen LogP contribution in [0.4, 0.5) is 0 Å². The third-order valence-electron chi connectivity index (χ3n) is 3.19. The molecule has 2 N–H and O–H groups in total. The van der Waals surface area contributed by atoms with Crippen LogP contribution in [0.25, 0.3) is 0 Å². The van der Waals surface area contributed by atoms with Crippen molar-refractivity contribution in [1.82, 2.24) is 10.3 Å². The Labute approximate surface area is 118 Å². The van der Waals surface area contributed by atoms with E-state index < -0.39 is 0 Å². The van der Waals surface area contributed by atoms with Gasteiger partial charge in [0, 0.05) is 10.9 Å². The standard InChI is InChI=1S/C15H20N2OS/c1-10(15-11(2)19-12(3)17-15)16-14(9-18)13-7-5-4-6-8-13/h4-8,10,14,16,18H,9H2,1-3H3/t10?,14-/m1/s1. The zero-order valence-electron chi connectivity index (χ0n) is 11.6. The molecule has 2 aromatic rings. The van der Waals surface area contributed by atoms with Gasteiger partial charge in [-0.1, -0.05) is 30.3 Å². The normalized spacial score (nSPS) is 14.3. The van der Waals surface area contributed by atoms with Gasteiger partial charge in [-0.15, -0.1) is 11.3 Å². The monoisotopic (exact) mass is 276 g/mol. The second-order valence-electron chi connectivity index (χ2n) is 4.71. The van der Waals surface area contributed by atoms with Crippen molar-refractivity contribution in [2.45, 2.75) is 32.9 Å². The van der Waals surface area contributed by atoms with Crippen molar-refractivity contribution >= 4 is 11.3 Å². The van der Waals surface area contributed by atoms with Gasteiger partial charge in [0.1, 0.15) is 0 Å². The summed E-state index contributed by atoms with van der Waals surface area (Å²) in [6, 6.07) is 10.1. The van der Waals surface area contributed by atoms with Crippen molar-refractivity contribution in [1.29, 1.82) is 0 Å². The van der Waals surface area contributed by atoms with Crippen LogP contribution in [0.1, 0.15) is 40.1 Å². The maximum atomic E-state index is 9.57. The molecular weight excluding hydrogens is 256 g/mol. The topological polar surface area (TPSA) is 45.2 Å². The minimum atomic E-state index is -0.0578. The number of aryl methyl sites for hydroxylation is 2. The lowest BCUT2D eigenvalue weighted by atomic mass is 10.1. The van der Waals surface area contributed by atoms with Crippen LogP contribution in [-0.2, 0) is 0 Å². The quantitative estimate of drug-likeness (QED) is 0.882. The molecule has 0 aliphatic rings. The molecule has 0 saturated carbocycles. The van der Waals surface area contributed by atoms with Crippen LogP contribution in [0.3, 0.4) is 0 Å². The third kappa shape index (κ3) is 3.41. The van der Waals surface area contributed by atoms with E-state index in [4.69, 9.17) is 0 Å². The summed E-state index contributed by atoms with van der Waals surface area (Å²) in [6.45, 7) is 6.28. The number of hydrogen-bond donors (Lipinski definition) is 2. The molecule has 0 radical (unpaired) electrons. The number of aliphatic hydroxyl groups excluding tert-OH is 1. The first-order chi connectivity index (χ1) is 9.11. The number of hydrogen-bond acceptors (Lipinski definition) is 4. The summed E-state index contributed by atoms with van der Waals surface area (Å²) in [4.78, 5) is 5.80. The van der Waals surface area contributed by atoms with Gasteiger partial charge in [0.2, 0.25) is 0 Å². The van der Waals surface area contributed by atoms with Gasteiger partial charge in [-0.3, -0.25) is 5.32 Å². The van der Waals surface area contributed by atoms with E-state index in [2.05, 4.69) is 24.1 Å². The summed E-state index contributed by atoms with van der Waals surface area (Å²) in [5, 5.41) is 14.1. The van der Waals surface area contributed by atoms with Crippen LogP contribution < -0.4 is 5.32 Å². The number of aromatic nitrogens is 1. The Hall–Kier alpha value is -1.23. The molecule has 0 aliphatic heterocycles. The van der Waals surface area contributed by atoms with E-state index in [1.165, 1.54) is 4.88 Å². The maximum absolute atomic E-state index is 9.57. The van der Waals surface area contributed by atoms with Crippen molar-refractivity contribution in [2.24, 2.45) is 0 Å². The average Bonchev–Trinajstić information content (AvgIpc) is 2.76. The van der Waals surface area contributed by atoms with E-state index in [1.807, 2.05) is 37.3 Å². The number of thiazole rings is 1. The molecule has 1 unspecified atom stereocenters. The van der Waals surface area contributed by atoms with Crippen LogP contribution in [0.5, 0.6) is 0 Å². The van der Waals surface area contributed by atoms with Gasteiger partial charge in [0.05, 0.1) is 23.4 Å². The molecule has 0 amide bonds. The van der Waals surface area contributed by atoms with Crippen molar-refractivity contribution in [2.75, 3.05) is 6.61 Å². The van der Waals surface area contributed by atoms with Crippen LogP contribution in [0.2, 0.25) is 0 Å². The molecule has 2 atom stereocenters. The maximum Gasteiger partial charge on any atom is 0.0900 e. The summed E-state index contributed by atoms with van der Waals surface area (Å²) in [5.41, 5.74) is 2.18. The van der Waals surface area contributed by atoms with E-state index in [0.717, 1.165) is 16.3 Å². The Morgan fingerprint density at radius 2 is 1.95 bits per heavy atom. The van der Waals surface area contributed by atoms with Gasteiger partial charge in [-0.2, -0.15) is 0 Å². The molecule has 4 heteroatoms. The second kappa shape index (κ2) is 6.28. The van der Waals surface area contributed by atoms with Crippen molar-refractivity contribution in [3.05, 3.63) is 51.5 Å². The fraction of sp³-hybridized carbons (Fsp3) is 0.400. The Bertz CT molecular complexity index is 524. The highest BCUT2D eigenvalue weighted by molar-refractivity contribution is 7.11. The molecule has 0 saturated heterocycles. The molecule has 0 bridgehead atoms. The number of nitrogens with zero attached hydrogens (tertiary/aromatic N) is 1. The molecule has 1 heterocycles. The Morgan fingerprint density at radius 1 is 1.26 bits per heavy atom. The Morgan fingerprint density at radius 3 is 2.47 bits per heavy atom. The van der Waals surface area contributed by atoms with Gasteiger partial charge < -0.3 is 5.11 Å². The zero-order valence-corrected chi connectivity index (χ0v) is 12.4. The number of benzene rings is 1. The van der Waals surface area contributed by atoms with Gasteiger partial charge in [0.25, 0.3) is 0 Å². The first-order valence-electron chi connectivity index (χ1n) is 6.47. The summed E-state index contributed by atoms with van der Waals surface area (Å²) in [5.74, 6) is 0. The fourth-order valence-electron chi connectivity index (χ4n) is 2.27. The molecule has 0 fully saturated rings. The molecule has 2 rings (SSSR count). The highest BCUT2D eigenvalue weighted by atomic mass is 32.1. The van der Waals surface area contributed by atoms with Crippen LogP contribution in [0.15, 0.2) is 30.3 Å². The first-order valence-corrected chi connectivity index (χ1v) is 7.29. The van der Waals surface area contributed by atoms with E-state index in [0.29, 0.717) is 0 Å². The van der Waals surface area contributed by atoms with Crippen LogP contribution in [-0.4, -0.2) is 16.7 Å². The molecule has 102 valence electrons. The van der Waals surface area contributed by atoms with E-state index in [1.54, 1.807) is 11.3 Å². The number of aliphatic hydroxyl groups is 1. The number of nitrogens with one attached hydrogen (secondary N) is 1. The average molecular weight is 276 g/mol.